The van der Waals surface area contributed by atoms with Crippen molar-refractivity contribution in [2.24, 2.45) is 11.8 Å². The Balaban J connectivity index is 1.93. The van der Waals surface area contributed by atoms with E-state index in [1.54, 1.807) is 0 Å². The summed E-state index contributed by atoms with van der Waals surface area (Å²) < 4.78 is 0. The second-order valence-corrected chi connectivity index (χ2v) is 7.49. The van der Waals surface area contributed by atoms with E-state index in [1.807, 2.05) is 0 Å². The molecule has 1 saturated carbocycles. The largest absolute Gasteiger partial charge is 0.311 e. The Labute approximate surface area is 120 Å². The molecule has 1 N–H and O–H groups in total. The first-order valence-corrected chi connectivity index (χ1v) is 8.54. The lowest BCUT2D eigenvalue weighted by molar-refractivity contribution is 0.0295. The van der Waals surface area contributed by atoms with Crippen LogP contribution < -0.4 is 5.32 Å². The molecule has 2 aliphatic rings. The van der Waals surface area contributed by atoms with Gasteiger partial charge in [-0.25, -0.2) is 0 Å². The zero-order valence-electron chi connectivity index (χ0n) is 13.5. The topological polar surface area (TPSA) is 15.3 Å². The SMILES string of the molecule is CCCCCN1CC(CC(C)C)NCC1(C)C1CC1. The van der Waals surface area contributed by atoms with E-state index >= 15 is 0 Å². The fourth-order valence-corrected chi connectivity index (χ4v) is 3.74. The first kappa shape index (κ1) is 15.3. The fourth-order valence-electron chi connectivity index (χ4n) is 3.74. The Morgan fingerprint density at radius 1 is 1.26 bits per heavy atom. The molecule has 0 radical (unpaired) electrons. The minimum atomic E-state index is 0.446. The van der Waals surface area contributed by atoms with Gasteiger partial charge in [0, 0.05) is 24.7 Å². The van der Waals surface area contributed by atoms with E-state index in [9.17, 15) is 0 Å². The van der Waals surface area contributed by atoms with Crippen molar-refractivity contribution in [2.75, 3.05) is 19.6 Å². The molecule has 1 heterocycles. The average Bonchev–Trinajstić information content (AvgIpc) is 3.17. The van der Waals surface area contributed by atoms with Gasteiger partial charge in [0.15, 0.2) is 0 Å². The Morgan fingerprint density at radius 3 is 2.58 bits per heavy atom. The third-order valence-electron chi connectivity index (χ3n) is 5.16. The van der Waals surface area contributed by atoms with Crippen LogP contribution in [0.2, 0.25) is 0 Å². The lowest BCUT2D eigenvalue weighted by Crippen LogP contribution is -2.64. The van der Waals surface area contributed by atoms with Crippen LogP contribution in [0.4, 0.5) is 0 Å². The smallest absolute Gasteiger partial charge is 0.0334 e. The van der Waals surface area contributed by atoms with Crippen molar-refractivity contribution in [3.63, 3.8) is 0 Å². The van der Waals surface area contributed by atoms with Crippen molar-refractivity contribution in [2.45, 2.75) is 77.8 Å². The van der Waals surface area contributed by atoms with Gasteiger partial charge in [-0.15, -0.1) is 0 Å². The molecule has 1 aliphatic carbocycles. The van der Waals surface area contributed by atoms with Crippen LogP contribution >= 0.6 is 0 Å². The van der Waals surface area contributed by atoms with Crippen molar-refractivity contribution in [3.05, 3.63) is 0 Å². The number of nitrogens with zero attached hydrogens (tertiary/aromatic N) is 1. The van der Waals surface area contributed by atoms with Crippen molar-refractivity contribution in [1.29, 1.82) is 0 Å². The number of piperazine rings is 1. The summed E-state index contributed by atoms with van der Waals surface area (Å²) in [5.41, 5.74) is 0.446. The van der Waals surface area contributed by atoms with E-state index in [2.05, 4.69) is 37.9 Å². The molecule has 1 aliphatic heterocycles. The molecule has 2 fully saturated rings. The second-order valence-electron chi connectivity index (χ2n) is 7.49. The van der Waals surface area contributed by atoms with Gasteiger partial charge in [-0.2, -0.15) is 0 Å². The van der Waals surface area contributed by atoms with Crippen LogP contribution in [0.25, 0.3) is 0 Å². The zero-order valence-corrected chi connectivity index (χ0v) is 13.5. The Kier molecular flexibility index (Phi) is 5.30. The lowest BCUT2D eigenvalue weighted by atomic mass is 9.87. The summed E-state index contributed by atoms with van der Waals surface area (Å²) in [6.07, 6.45) is 8.34. The fraction of sp³-hybridized carbons (Fsp3) is 1.00. The van der Waals surface area contributed by atoms with Crippen LogP contribution in [-0.2, 0) is 0 Å². The van der Waals surface area contributed by atoms with E-state index in [1.165, 1.54) is 58.2 Å². The van der Waals surface area contributed by atoms with Crippen LogP contribution in [0.5, 0.6) is 0 Å². The van der Waals surface area contributed by atoms with E-state index in [4.69, 9.17) is 0 Å². The quantitative estimate of drug-likeness (QED) is 0.707. The average molecular weight is 266 g/mol. The highest BCUT2D eigenvalue weighted by atomic mass is 15.3. The molecular weight excluding hydrogens is 232 g/mol. The monoisotopic (exact) mass is 266 g/mol. The van der Waals surface area contributed by atoms with Crippen molar-refractivity contribution in [3.8, 4) is 0 Å². The lowest BCUT2D eigenvalue weighted by Gasteiger charge is -2.49. The predicted octanol–water partition coefficient (Wildman–Crippen LogP) is 3.67. The summed E-state index contributed by atoms with van der Waals surface area (Å²) in [7, 11) is 0. The van der Waals surface area contributed by atoms with Crippen LogP contribution in [0.15, 0.2) is 0 Å². The van der Waals surface area contributed by atoms with Gasteiger partial charge in [-0.05, 0) is 51.0 Å². The van der Waals surface area contributed by atoms with E-state index in [0.29, 0.717) is 11.6 Å². The first-order chi connectivity index (χ1) is 9.06. The third kappa shape index (κ3) is 3.95. The molecule has 2 nitrogen and oxygen atoms in total. The predicted molar refractivity (Wildman–Crippen MR) is 83.5 cm³/mol. The van der Waals surface area contributed by atoms with Gasteiger partial charge in [0.25, 0.3) is 0 Å². The highest BCUT2D eigenvalue weighted by Gasteiger charge is 2.47. The third-order valence-corrected chi connectivity index (χ3v) is 5.16. The zero-order chi connectivity index (χ0) is 13.9. The summed E-state index contributed by atoms with van der Waals surface area (Å²) in [6, 6.07) is 0.716. The highest BCUT2D eigenvalue weighted by molar-refractivity contribution is 5.04. The van der Waals surface area contributed by atoms with Gasteiger partial charge in [-0.1, -0.05) is 33.6 Å². The molecule has 19 heavy (non-hydrogen) atoms. The van der Waals surface area contributed by atoms with Crippen LogP contribution in [0.1, 0.15) is 66.2 Å². The van der Waals surface area contributed by atoms with Gasteiger partial charge >= 0.3 is 0 Å². The summed E-state index contributed by atoms with van der Waals surface area (Å²) in [5, 5.41) is 3.84. The minimum absolute atomic E-state index is 0.446. The molecule has 2 rings (SSSR count). The molecule has 0 spiro atoms. The minimum Gasteiger partial charge on any atom is -0.311 e. The van der Waals surface area contributed by atoms with Crippen LogP contribution in [0, 0.1) is 11.8 Å². The molecule has 0 amide bonds. The van der Waals surface area contributed by atoms with Crippen molar-refractivity contribution >= 4 is 0 Å². The normalized spacial score (nSPS) is 33.0. The maximum absolute atomic E-state index is 3.84. The van der Waals surface area contributed by atoms with Crippen LogP contribution in [0.3, 0.4) is 0 Å². The molecule has 112 valence electrons. The maximum Gasteiger partial charge on any atom is 0.0334 e. The van der Waals surface area contributed by atoms with E-state index in [0.717, 1.165) is 11.8 Å². The highest BCUT2D eigenvalue weighted by Crippen LogP contribution is 2.44. The standard InChI is InChI=1S/C17H34N2/c1-5-6-7-10-19-12-16(11-14(2)3)18-13-17(19,4)15-8-9-15/h14-16,18H,5-13H2,1-4H3. The van der Waals surface area contributed by atoms with Crippen molar-refractivity contribution < 1.29 is 0 Å². The molecule has 1 saturated heterocycles. The van der Waals surface area contributed by atoms with Gasteiger partial charge in [-0.3, -0.25) is 4.90 Å². The van der Waals surface area contributed by atoms with Gasteiger partial charge in [0.2, 0.25) is 0 Å². The Bertz CT molecular complexity index is 272. The summed E-state index contributed by atoms with van der Waals surface area (Å²) in [5.74, 6) is 1.77. The summed E-state index contributed by atoms with van der Waals surface area (Å²) in [6.45, 7) is 13.3. The Hall–Kier alpha value is -0.0800. The van der Waals surface area contributed by atoms with Gasteiger partial charge in [0.1, 0.15) is 0 Å². The summed E-state index contributed by atoms with van der Waals surface area (Å²) in [4.78, 5) is 2.84. The molecular formula is C17H34N2. The number of unbranched alkanes of at least 4 members (excludes halogenated alkanes) is 2. The second kappa shape index (κ2) is 6.58. The van der Waals surface area contributed by atoms with Gasteiger partial charge < -0.3 is 5.32 Å². The van der Waals surface area contributed by atoms with Crippen LogP contribution in [-0.4, -0.2) is 36.1 Å². The molecule has 2 heteroatoms. The molecule has 2 atom stereocenters. The van der Waals surface area contributed by atoms with E-state index < -0.39 is 0 Å². The molecule has 0 bridgehead atoms. The van der Waals surface area contributed by atoms with Crippen molar-refractivity contribution in [1.82, 2.24) is 10.2 Å². The number of rotatable bonds is 7. The van der Waals surface area contributed by atoms with Gasteiger partial charge in [0.05, 0.1) is 0 Å². The molecule has 2 unspecified atom stereocenters. The molecule has 0 aromatic rings. The molecule has 0 aromatic heterocycles. The Morgan fingerprint density at radius 2 is 2.00 bits per heavy atom. The number of hydrogen-bond donors (Lipinski definition) is 1. The van der Waals surface area contributed by atoms with E-state index in [-0.39, 0.29) is 0 Å². The summed E-state index contributed by atoms with van der Waals surface area (Å²) >= 11 is 0. The number of hydrogen-bond acceptors (Lipinski definition) is 2. The molecule has 0 aromatic carbocycles. The number of nitrogens with one attached hydrogen (secondary N) is 1. The maximum atomic E-state index is 3.84. The first-order valence-electron chi connectivity index (χ1n) is 8.54.